The summed E-state index contributed by atoms with van der Waals surface area (Å²) in [6.07, 6.45) is 6.29. The highest BCUT2D eigenvalue weighted by Gasteiger charge is 2.11. The average molecular weight is 256 g/mol. The smallest absolute Gasteiger partial charge is 0.0804 e. The normalized spacial score (nSPS) is 12.6. The van der Waals surface area contributed by atoms with Crippen LogP contribution in [0.4, 0.5) is 5.69 Å². The Hall–Kier alpha value is -0.730. The molecule has 17 heavy (non-hydrogen) atoms. The lowest BCUT2D eigenvalue weighted by Crippen LogP contribution is -1.99. The Kier molecular flexibility index (Phi) is 6.38. The first-order chi connectivity index (χ1) is 8.15. The van der Waals surface area contributed by atoms with E-state index in [-0.39, 0.29) is 0 Å². The number of nitrogen functional groups attached to an aromatic ring is 1. The number of nitrogens with two attached hydrogens (primary N) is 1. The van der Waals surface area contributed by atoms with E-state index < -0.39 is 6.10 Å². The Morgan fingerprint density at radius 3 is 2.59 bits per heavy atom. The van der Waals surface area contributed by atoms with Crippen molar-refractivity contribution in [2.45, 2.75) is 51.6 Å². The SMILES string of the molecule is CCCCCCCC(O)c1ccc(N)cc1Cl. The summed E-state index contributed by atoms with van der Waals surface area (Å²) in [5.74, 6) is 0. The van der Waals surface area contributed by atoms with E-state index in [2.05, 4.69) is 6.92 Å². The van der Waals surface area contributed by atoms with Gasteiger partial charge in [-0.2, -0.15) is 0 Å². The molecular weight excluding hydrogens is 234 g/mol. The van der Waals surface area contributed by atoms with E-state index in [1.54, 1.807) is 12.1 Å². The first-order valence-electron chi connectivity index (χ1n) is 6.38. The molecule has 0 spiro atoms. The number of aliphatic hydroxyl groups is 1. The maximum absolute atomic E-state index is 10.0. The molecule has 0 heterocycles. The molecule has 0 bridgehead atoms. The summed E-state index contributed by atoms with van der Waals surface area (Å²) in [7, 11) is 0. The van der Waals surface area contributed by atoms with Gasteiger partial charge in [0.25, 0.3) is 0 Å². The minimum Gasteiger partial charge on any atom is -0.399 e. The van der Waals surface area contributed by atoms with Crippen molar-refractivity contribution < 1.29 is 5.11 Å². The molecule has 0 fully saturated rings. The molecule has 0 aliphatic carbocycles. The van der Waals surface area contributed by atoms with Gasteiger partial charge in [0.05, 0.1) is 6.10 Å². The summed E-state index contributed by atoms with van der Waals surface area (Å²) in [4.78, 5) is 0. The Bertz CT molecular complexity index is 341. The number of anilines is 1. The Morgan fingerprint density at radius 1 is 1.24 bits per heavy atom. The van der Waals surface area contributed by atoms with Gasteiger partial charge in [-0.25, -0.2) is 0 Å². The molecule has 1 unspecified atom stereocenters. The van der Waals surface area contributed by atoms with Crippen LogP contribution in [0.2, 0.25) is 5.02 Å². The Morgan fingerprint density at radius 2 is 1.94 bits per heavy atom. The van der Waals surface area contributed by atoms with Gasteiger partial charge in [-0.3, -0.25) is 0 Å². The average Bonchev–Trinajstić information content (AvgIpc) is 2.28. The number of hydrogen-bond acceptors (Lipinski definition) is 2. The van der Waals surface area contributed by atoms with Crippen LogP contribution in [-0.2, 0) is 0 Å². The zero-order valence-corrected chi connectivity index (χ0v) is 11.2. The number of benzene rings is 1. The molecule has 2 nitrogen and oxygen atoms in total. The van der Waals surface area contributed by atoms with Crippen LogP contribution in [0.5, 0.6) is 0 Å². The second kappa shape index (κ2) is 7.57. The monoisotopic (exact) mass is 255 g/mol. The fraction of sp³-hybridized carbons (Fsp3) is 0.571. The number of aliphatic hydroxyl groups excluding tert-OH is 1. The van der Waals surface area contributed by atoms with Crippen molar-refractivity contribution in [3.8, 4) is 0 Å². The zero-order chi connectivity index (χ0) is 12.7. The highest BCUT2D eigenvalue weighted by molar-refractivity contribution is 6.31. The molecule has 0 aliphatic heterocycles. The topological polar surface area (TPSA) is 46.2 Å². The van der Waals surface area contributed by atoms with Gasteiger partial charge >= 0.3 is 0 Å². The van der Waals surface area contributed by atoms with Crippen molar-refractivity contribution in [2.24, 2.45) is 0 Å². The standard InChI is InChI=1S/C14H22ClNO/c1-2-3-4-5-6-7-14(17)12-9-8-11(16)10-13(12)15/h8-10,14,17H,2-7,16H2,1H3. The van der Waals surface area contributed by atoms with Crippen molar-refractivity contribution in [3.05, 3.63) is 28.8 Å². The maximum Gasteiger partial charge on any atom is 0.0804 e. The third kappa shape index (κ3) is 4.97. The molecule has 1 aromatic carbocycles. The number of unbranched alkanes of at least 4 members (excludes halogenated alkanes) is 4. The first-order valence-corrected chi connectivity index (χ1v) is 6.76. The predicted molar refractivity (Wildman–Crippen MR) is 74.2 cm³/mol. The van der Waals surface area contributed by atoms with Crippen LogP contribution in [0.25, 0.3) is 0 Å². The van der Waals surface area contributed by atoms with Crippen LogP contribution in [0.3, 0.4) is 0 Å². The second-order valence-electron chi connectivity index (χ2n) is 4.50. The summed E-state index contributed by atoms with van der Waals surface area (Å²) in [6.45, 7) is 2.20. The summed E-state index contributed by atoms with van der Waals surface area (Å²) >= 11 is 6.05. The predicted octanol–water partition coefficient (Wildman–Crippen LogP) is 4.32. The molecule has 96 valence electrons. The molecule has 0 aromatic heterocycles. The van der Waals surface area contributed by atoms with Crippen LogP contribution in [0.1, 0.15) is 57.1 Å². The van der Waals surface area contributed by atoms with Gasteiger partial charge in [-0.05, 0) is 24.1 Å². The summed E-state index contributed by atoms with van der Waals surface area (Å²) in [5, 5.41) is 10.6. The van der Waals surface area contributed by atoms with Gasteiger partial charge in [0, 0.05) is 10.7 Å². The van der Waals surface area contributed by atoms with E-state index in [9.17, 15) is 5.11 Å². The van der Waals surface area contributed by atoms with Crippen molar-refractivity contribution in [1.82, 2.24) is 0 Å². The molecule has 0 radical (unpaired) electrons. The van der Waals surface area contributed by atoms with E-state index >= 15 is 0 Å². The third-order valence-electron chi connectivity index (χ3n) is 2.96. The molecule has 0 saturated heterocycles. The molecular formula is C14H22ClNO. The fourth-order valence-corrected chi connectivity index (χ4v) is 2.23. The first kappa shape index (κ1) is 14.3. The van der Waals surface area contributed by atoms with E-state index in [0.29, 0.717) is 10.7 Å². The summed E-state index contributed by atoms with van der Waals surface area (Å²) in [5.41, 5.74) is 7.04. The van der Waals surface area contributed by atoms with Gasteiger partial charge in [-0.1, -0.05) is 56.7 Å². The molecule has 1 atom stereocenters. The highest BCUT2D eigenvalue weighted by Crippen LogP contribution is 2.28. The number of hydrogen-bond donors (Lipinski definition) is 2. The Balaban J connectivity index is 2.38. The fourth-order valence-electron chi connectivity index (χ4n) is 1.91. The van der Waals surface area contributed by atoms with E-state index in [4.69, 9.17) is 17.3 Å². The van der Waals surface area contributed by atoms with Crippen molar-refractivity contribution in [2.75, 3.05) is 5.73 Å². The van der Waals surface area contributed by atoms with E-state index in [1.807, 2.05) is 6.07 Å². The van der Waals surface area contributed by atoms with Gasteiger partial charge in [-0.15, -0.1) is 0 Å². The van der Waals surface area contributed by atoms with Crippen LogP contribution < -0.4 is 5.73 Å². The molecule has 0 saturated carbocycles. The third-order valence-corrected chi connectivity index (χ3v) is 3.29. The Labute approximate surface area is 109 Å². The van der Waals surface area contributed by atoms with Gasteiger partial charge in [0.2, 0.25) is 0 Å². The molecule has 0 aliphatic rings. The van der Waals surface area contributed by atoms with E-state index in [1.165, 1.54) is 25.7 Å². The highest BCUT2D eigenvalue weighted by atomic mass is 35.5. The largest absolute Gasteiger partial charge is 0.399 e. The molecule has 0 amide bonds. The van der Waals surface area contributed by atoms with Gasteiger partial charge in [0.15, 0.2) is 0 Å². The number of halogens is 1. The van der Waals surface area contributed by atoms with E-state index in [0.717, 1.165) is 18.4 Å². The summed E-state index contributed by atoms with van der Waals surface area (Å²) in [6, 6.07) is 5.28. The summed E-state index contributed by atoms with van der Waals surface area (Å²) < 4.78 is 0. The van der Waals surface area contributed by atoms with Gasteiger partial charge in [0.1, 0.15) is 0 Å². The molecule has 3 N–H and O–H groups in total. The quantitative estimate of drug-likeness (QED) is 0.563. The zero-order valence-electron chi connectivity index (χ0n) is 10.5. The van der Waals surface area contributed by atoms with Crippen LogP contribution in [0, 0.1) is 0 Å². The lowest BCUT2D eigenvalue weighted by atomic mass is 10.0. The molecule has 1 aromatic rings. The van der Waals surface area contributed by atoms with Crippen LogP contribution in [0.15, 0.2) is 18.2 Å². The molecule has 1 rings (SSSR count). The lowest BCUT2D eigenvalue weighted by molar-refractivity contribution is 0.163. The minimum atomic E-state index is -0.468. The minimum absolute atomic E-state index is 0.468. The lowest BCUT2D eigenvalue weighted by Gasteiger charge is -2.13. The second-order valence-corrected chi connectivity index (χ2v) is 4.91. The maximum atomic E-state index is 10.0. The number of rotatable bonds is 7. The van der Waals surface area contributed by atoms with Crippen molar-refractivity contribution in [3.63, 3.8) is 0 Å². The van der Waals surface area contributed by atoms with Crippen molar-refractivity contribution >= 4 is 17.3 Å². The molecule has 3 heteroatoms. The van der Waals surface area contributed by atoms with Crippen molar-refractivity contribution in [1.29, 1.82) is 0 Å². The van der Waals surface area contributed by atoms with Gasteiger partial charge < -0.3 is 10.8 Å². The van der Waals surface area contributed by atoms with Crippen LogP contribution in [-0.4, -0.2) is 5.11 Å². The van der Waals surface area contributed by atoms with Crippen LogP contribution >= 0.6 is 11.6 Å².